The molecule has 2 aromatic carbocycles. The summed E-state index contributed by atoms with van der Waals surface area (Å²) in [7, 11) is -4.88. The highest BCUT2D eigenvalue weighted by atomic mass is 35.5. The van der Waals surface area contributed by atoms with E-state index in [1.807, 2.05) is 22.9 Å². The van der Waals surface area contributed by atoms with E-state index < -0.39 is 18.1 Å². The molecule has 1 N–H and O–H groups in total. The molecule has 1 aromatic heterocycles. The highest BCUT2D eigenvalue weighted by Crippen LogP contribution is 2.26. The summed E-state index contributed by atoms with van der Waals surface area (Å²) in [6, 6.07) is 14.8. The first-order valence-corrected chi connectivity index (χ1v) is 15.3. The van der Waals surface area contributed by atoms with Crippen molar-refractivity contribution < 1.29 is 18.0 Å². The lowest BCUT2D eigenvalue weighted by molar-refractivity contribution is 0.0802. The van der Waals surface area contributed by atoms with Crippen LogP contribution in [-0.4, -0.2) is 27.7 Å². The summed E-state index contributed by atoms with van der Waals surface area (Å²) in [5.41, 5.74) is 1.70. The molecule has 1 heterocycles. The number of aromatic nitrogens is 1. The molecular formula is C21H27ClN2O4SSi. The Bertz CT molecular complexity index is 1100. The van der Waals surface area contributed by atoms with Crippen molar-refractivity contribution in [1.29, 1.82) is 0 Å². The SMILES string of the molecule is C[Si](C)(C)CCOCn1ccc2c(CONS(=O)(=O)c3ccccc3)cc(Cl)cc21. The third-order valence-electron chi connectivity index (χ3n) is 4.62. The first-order valence-electron chi connectivity index (χ1n) is 9.69. The van der Waals surface area contributed by atoms with Crippen LogP contribution in [0.1, 0.15) is 5.56 Å². The fourth-order valence-corrected chi connectivity index (χ4v) is 4.76. The molecule has 0 aliphatic carbocycles. The highest BCUT2D eigenvalue weighted by Gasteiger charge is 2.15. The van der Waals surface area contributed by atoms with Gasteiger partial charge in [-0.1, -0.05) is 54.3 Å². The fraction of sp³-hybridized carbons (Fsp3) is 0.333. The predicted molar refractivity (Wildman–Crippen MR) is 123 cm³/mol. The third kappa shape index (κ3) is 6.16. The molecule has 0 saturated carbocycles. The number of rotatable bonds is 10. The van der Waals surface area contributed by atoms with Crippen molar-refractivity contribution in [2.45, 2.75) is 43.9 Å². The van der Waals surface area contributed by atoms with Crippen LogP contribution in [0.15, 0.2) is 59.6 Å². The summed E-state index contributed by atoms with van der Waals surface area (Å²) in [6.45, 7) is 8.17. The highest BCUT2D eigenvalue weighted by molar-refractivity contribution is 7.89. The second-order valence-electron chi connectivity index (χ2n) is 8.32. The molecule has 0 spiro atoms. The molecule has 0 amide bonds. The number of hydrogen-bond acceptors (Lipinski definition) is 4. The Balaban J connectivity index is 1.67. The molecule has 0 atom stereocenters. The smallest absolute Gasteiger partial charge is 0.262 e. The van der Waals surface area contributed by atoms with Gasteiger partial charge in [0.15, 0.2) is 0 Å². The van der Waals surface area contributed by atoms with Crippen molar-refractivity contribution >= 4 is 40.6 Å². The maximum atomic E-state index is 12.3. The lowest BCUT2D eigenvalue weighted by Gasteiger charge is -2.16. The Morgan fingerprint density at radius 3 is 2.53 bits per heavy atom. The molecule has 3 aromatic rings. The van der Waals surface area contributed by atoms with Crippen molar-refractivity contribution in [2.24, 2.45) is 0 Å². The van der Waals surface area contributed by atoms with E-state index in [4.69, 9.17) is 21.2 Å². The van der Waals surface area contributed by atoms with E-state index in [1.165, 1.54) is 12.1 Å². The summed E-state index contributed by atoms with van der Waals surface area (Å²) in [6.07, 6.45) is 1.94. The number of hydrogen-bond donors (Lipinski definition) is 1. The van der Waals surface area contributed by atoms with Crippen LogP contribution in [0.2, 0.25) is 30.7 Å². The molecule has 0 aliphatic rings. The van der Waals surface area contributed by atoms with Crippen LogP contribution in [0.25, 0.3) is 10.9 Å². The van der Waals surface area contributed by atoms with Gasteiger partial charge < -0.3 is 9.30 Å². The molecule has 0 fully saturated rings. The second kappa shape index (κ2) is 9.63. The van der Waals surface area contributed by atoms with Crippen molar-refractivity contribution in [3.05, 3.63) is 65.3 Å². The normalized spacial score (nSPS) is 12.5. The molecule has 0 aliphatic heterocycles. The lowest BCUT2D eigenvalue weighted by Crippen LogP contribution is -2.23. The number of fused-ring (bicyclic) bond motifs is 1. The Morgan fingerprint density at radius 1 is 1.10 bits per heavy atom. The van der Waals surface area contributed by atoms with Gasteiger partial charge in [-0.25, -0.2) is 8.42 Å². The molecule has 0 unspecified atom stereocenters. The molecule has 30 heavy (non-hydrogen) atoms. The zero-order chi connectivity index (χ0) is 21.8. The van der Waals surface area contributed by atoms with E-state index in [0.29, 0.717) is 11.8 Å². The maximum absolute atomic E-state index is 12.3. The van der Waals surface area contributed by atoms with Crippen molar-refractivity contribution in [1.82, 2.24) is 9.45 Å². The fourth-order valence-electron chi connectivity index (χ4n) is 2.94. The minimum atomic E-state index is -3.74. The Morgan fingerprint density at radius 2 is 1.83 bits per heavy atom. The van der Waals surface area contributed by atoms with Gasteiger partial charge in [-0.15, -0.1) is 0 Å². The van der Waals surface area contributed by atoms with E-state index in [1.54, 1.807) is 24.3 Å². The zero-order valence-electron chi connectivity index (χ0n) is 17.4. The van der Waals surface area contributed by atoms with E-state index >= 15 is 0 Å². The topological polar surface area (TPSA) is 69.6 Å². The van der Waals surface area contributed by atoms with Crippen molar-refractivity contribution in [3.8, 4) is 0 Å². The maximum Gasteiger partial charge on any atom is 0.262 e. The monoisotopic (exact) mass is 466 g/mol. The molecule has 162 valence electrons. The van der Waals surface area contributed by atoms with Crippen LogP contribution in [0.3, 0.4) is 0 Å². The first-order chi connectivity index (χ1) is 14.2. The summed E-state index contributed by atoms with van der Waals surface area (Å²) in [4.78, 5) is 7.63. The number of nitrogens with one attached hydrogen (secondary N) is 1. The number of benzene rings is 2. The van der Waals surface area contributed by atoms with E-state index in [9.17, 15) is 8.42 Å². The average molecular weight is 467 g/mol. The Labute approximate surface area is 183 Å². The molecule has 0 radical (unpaired) electrons. The quantitative estimate of drug-likeness (QED) is 0.259. The van der Waals surface area contributed by atoms with Gasteiger partial charge >= 0.3 is 0 Å². The van der Waals surface area contributed by atoms with Gasteiger partial charge in [0.05, 0.1) is 17.0 Å². The molecule has 6 nitrogen and oxygen atoms in total. The van der Waals surface area contributed by atoms with Crippen LogP contribution in [0.5, 0.6) is 0 Å². The van der Waals surface area contributed by atoms with Crippen LogP contribution in [-0.2, 0) is 32.9 Å². The van der Waals surface area contributed by atoms with E-state index in [-0.39, 0.29) is 11.5 Å². The van der Waals surface area contributed by atoms with Gasteiger partial charge in [-0.2, -0.15) is 0 Å². The van der Waals surface area contributed by atoms with Crippen molar-refractivity contribution in [2.75, 3.05) is 6.61 Å². The number of sulfonamides is 1. The summed E-state index contributed by atoms with van der Waals surface area (Å²) in [5.74, 6) is 0. The Kier molecular flexibility index (Phi) is 7.38. The van der Waals surface area contributed by atoms with Gasteiger partial charge in [0.25, 0.3) is 10.0 Å². The largest absolute Gasteiger partial charge is 0.361 e. The standard InChI is InChI=1S/C21H27ClN2O4SSi/c1-30(2,3)12-11-27-16-24-10-9-20-17(13-18(22)14-21(20)24)15-28-23-29(25,26)19-7-5-4-6-8-19/h4-10,13-14,23H,11-12,15-16H2,1-3H3. The molecule has 0 bridgehead atoms. The summed E-state index contributed by atoms with van der Waals surface area (Å²) >= 11 is 6.30. The van der Waals surface area contributed by atoms with Crippen LogP contribution in [0.4, 0.5) is 0 Å². The summed E-state index contributed by atoms with van der Waals surface area (Å²) < 4.78 is 32.4. The van der Waals surface area contributed by atoms with Crippen LogP contribution >= 0.6 is 11.6 Å². The van der Waals surface area contributed by atoms with Crippen molar-refractivity contribution in [3.63, 3.8) is 0 Å². The molecule has 0 saturated heterocycles. The minimum absolute atomic E-state index is 0.0453. The molecular weight excluding hydrogens is 440 g/mol. The zero-order valence-corrected chi connectivity index (χ0v) is 20.0. The average Bonchev–Trinajstić information content (AvgIpc) is 3.08. The Hall–Kier alpha value is -1.68. The van der Waals surface area contributed by atoms with Crippen LogP contribution < -0.4 is 4.89 Å². The van der Waals surface area contributed by atoms with Crippen LogP contribution in [0, 0.1) is 0 Å². The number of nitrogens with zero attached hydrogens (tertiary/aromatic N) is 1. The number of halogens is 1. The van der Waals surface area contributed by atoms with Gasteiger partial charge in [0, 0.05) is 31.3 Å². The molecule has 3 rings (SSSR count). The molecule has 9 heteroatoms. The van der Waals surface area contributed by atoms with Gasteiger partial charge in [-0.3, -0.25) is 4.84 Å². The second-order valence-corrected chi connectivity index (χ2v) is 16.0. The summed E-state index contributed by atoms with van der Waals surface area (Å²) in [5, 5.41) is 1.49. The minimum Gasteiger partial charge on any atom is -0.361 e. The van der Waals surface area contributed by atoms with E-state index in [0.717, 1.165) is 29.1 Å². The third-order valence-corrected chi connectivity index (χ3v) is 7.77. The number of ether oxygens (including phenoxy) is 1. The van der Waals surface area contributed by atoms with Gasteiger partial charge in [0.2, 0.25) is 0 Å². The predicted octanol–water partition coefficient (Wildman–Crippen LogP) is 5.02. The first kappa shape index (κ1) is 23.0. The lowest BCUT2D eigenvalue weighted by atomic mass is 10.1. The van der Waals surface area contributed by atoms with E-state index in [2.05, 4.69) is 24.5 Å². The van der Waals surface area contributed by atoms with Gasteiger partial charge in [-0.05, 0) is 41.9 Å². The van der Waals surface area contributed by atoms with Gasteiger partial charge in [0.1, 0.15) is 6.73 Å².